The Labute approximate surface area is 154 Å². The molecule has 0 aliphatic carbocycles. The molecule has 25 heavy (non-hydrogen) atoms. The first-order valence-electron chi connectivity index (χ1n) is 8.11. The molecule has 134 valence electrons. The van der Waals surface area contributed by atoms with E-state index < -0.39 is 5.91 Å². The summed E-state index contributed by atoms with van der Waals surface area (Å²) in [7, 11) is 1.84. The van der Waals surface area contributed by atoms with Crippen LogP contribution in [-0.2, 0) is 11.8 Å². The minimum atomic E-state index is -0.473. The van der Waals surface area contributed by atoms with Crippen LogP contribution in [0.5, 0.6) is 5.75 Å². The zero-order valence-electron chi connectivity index (χ0n) is 14.1. The van der Waals surface area contributed by atoms with Gasteiger partial charge < -0.3 is 15.2 Å². The lowest BCUT2D eigenvalue weighted by molar-refractivity contribution is 0.0323. The molecular weight excluding hydrogens is 388 g/mol. The summed E-state index contributed by atoms with van der Waals surface area (Å²) in [5.41, 5.74) is 7.48. The number of carbonyl (C=O) groups is 1. The summed E-state index contributed by atoms with van der Waals surface area (Å²) in [5, 5.41) is 4.24. The van der Waals surface area contributed by atoms with E-state index in [0.29, 0.717) is 17.9 Å². The van der Waals surface area contributed by atoms with Crippen LogP contribution >= 0.6 is 15.9 Å². The van der Waals surface area contributed by atoms with Gasteiger partial charge in [0, 0.05) is 37.8 Å². The molecule has 1 aromatic carbocycles. The van der Waals surface area contributed by atoms with Crippen LogP contribution in [-0.4, -0.2) is 60.0 Å². The number of rotatable bonds is 6. The zero-order chi connectivity index (χ0) is 17.8. The number of amides is 1. The predicted octanol–water partition coefficient (Wildman–Crippen LogP) is 1.66. The summed E-state index contributed by atoms with van der Waals surface area (Å²) in [6.45, 7) is 4.75. The van der Waals surface area contributed by atoms with Crippen LogP contribution < -0.4 is 10.5 Å². The molecule has 3 rings (SSSR count). The molecule has 1 aliphatic heterocycles. The summed E-state index contributed by atoms with van der Waals surface area (Å²) in [5.74, 6) is 0.224. The van der Waals surface area contributed by atoms with E-state index in [4.69, 9.17) is 15.2 Å². The quantitative estimate of drug-likeness (QED) is 0.785. The molecule has 0 bridgehead atoms. The van der Waals surface area contributed by atoms with Gasteiger partial charge in [0.15, 0.2) is 0 Å². The van der Waals surface area contributed by atoms with Gasteiger partial charge in [0.2, 0.25) is 5.91 Å². The number of halogens is 1. The zero-order valence-corrected chi connectivity index (χ0v) is 15.7. The molecule has 7 nitrogen and oxygen atoms in total. The van der Waals surface area contributed by atoms with E-state index >= 15 is 0 Å². The minimum absolute atomic E-state index is 0.434. The summed E-state index contributed by atoms with van der Waals surface area (Å²) < 4.78 is 13.9. The van der Waals surface area contributed by atoms with Gasteiger partial charge >= 0.3 is 0 Å². The van der Waals surface area contributed by atoms with Crippen molar-refractivity contribution in [1.82, 2.24) is 14.7 Å². The molecule has 2 aromatic rings. The second kappa shape index (κ2) is 7.99. The number of nitrogens with zero attached hydrogens (tertiary/aromatic N) is 3. The number of nitrogens with two attached hydrogens (primary N) is 1. The van der Waals surface area contributed by atoms with Crippen molar-refractivity contribution in [2.45, 2.75) is 0 Å². The van der Waals surface area contributed by atoms with E-state index in [-0.39, 0.29) is 0 Å². The van der Waals surface area contributed by atoms with E-state index in [1.165, 1.54) is 0 Å². The van der Waals surface area contributed by atoms with E-state index in [1.807, 2.05) is 7.05 Å². The fourth-order valence-corrected chi connectivity index (χ4v) is 3.38. The maximum absolute atomic E-state index is 11.6. The Morgan fingerprint density at radius 3 is 2.80 bits per heavy atom. The number of benzene rings is 1. The molecule has 1 amide bonds. The number of carbonyl (C=O) groups excluding carboxylic acids is 1. The van der Waals surface area contributed by atoms with Crippen molar-refractivity contribution in [3.63, 3.8) is 0 Å². The van der Waals surface area contributed by atoms with Gasteiger partial charge in [-0.15, -0.1) is 0 Å². The lowest BCUT2D eigenvalue weighted by Gasteiger charge is -2.26. The highest BCUT2D eigenvalue weighted by Crippen LogP contribution is 2.35. The summed E-state index contributed by atoms with van der Waals surface area (Å²) in [6.07, 6.45) is 1.71. The third kappa shape index (κ3) is 4.20. The van der Waals surface area contributed by atoms with Crippen molar-refractivity contribution in [3.05, 3.63) is 34.4 Å². The molecule has 0 radical (unpaired) electrons. The molecule has 1 aliphatic rings. The summed E-state index contributed by atoms with van der Waals surface area (Å²) in [4.78, 5) is 13.9. The Balaban J connectivity index is 1.81. The van der Waals surface area contributed by atoms with Gasteiger partial charge in [-0.1, -0.05) is 0 Å². The van der Waals surface area contributed by atoms with Crippen LogP contribution in [0.4, 0.5) is 0 Å². The fourth-order valence-electron chi connectivity index (χ4n) is 2.82. The molecule has 2 heterocycles. The normalized spacial score (nSPS) is 15.3. The minimum Gasteiger partial charge on any atom is -0.492 e. The van der Waals surface area contributed by atoms with Gasteiger partial charge in [-0.25, -0.2) is 0 Å². The number of morpholine rings is 1. The maximum atomic E-state index is 11.6. The Bertz CT molecular complexity index is 737. The first kappa shape index (κ1) is 17.9. The van der Waals surface area contributed by atoms with Crippen molar-refractivity contribution >= 4 is 21.8 Å². The summed E-state index contributed by atoms with van der Waals surface area (Å²) >= 11 is 3.50. The van der Waals surface area contributed by atoms with E-state index in [0.717, 1.165) is 48.6 Å². The van der Waals surface area contributed by atoms with Gasteiger partial charge in [0.05, 0.1) is 29.6 Å². The molecule has 2 N–H and O–H groups in total. The topological polar surface area (TPSA) is 82.6 Å². The lowest BCUT2D eigenvalue weighted by Crippen LogP contribution is -2.38. The second-order valence-electron chi connectivity index (χ2n) is 5.84. The number of hydrogen-bond acceptors (Lipinski definition) is 5. The first-order chi connectivity index (χ1) is 12.1. The van der Waals surface area contributed by atoms with Gasteiger partial charge in [0.25, 0.3) is 0 Å². The van der Waals surface area contributed by atoms with E-state index in [9.17, 15) is 4.79 Å². The monoisotopic (exact) mass is 408 g/mol. The molecule has 0 saturated carbocycles. The van der Waals surface area contributed by atoms with E-state index in [1.54, 1.807) is 29.1 Å². The van der Waals surface area contributed by atoms with Crippen molar-refractivity contribution < 1.29 is 14.3 Å². The standard InChI is InChI=1S/C17H21BrN4O3/c1-21-16(14(18)11-20-21)13-10-12(17(19)23)2-3-15(13)25-9-6-22-4-7-24-8-5-22/h2-3,10-11H,4-9H2,1H3,(H2,19,23). The molecule has 0 atom stereocenters. The Hall–Kier alpha value is -1.90. The predicted molar refractivity (Wildman–Crippen MR) is 97.6 cm³/mol. The van der Waals surface area contributed by atoms with Crippen molar-refractivity contribution in [2.75, 3.05) is 39.5 Å². The van der Waals surface area contributed by atoms with Crippen LogP contribution in [0.1, 0.15) is 10.4 Å². The average Bonchev–Trinajstić information content (AvgIpc) is 2.94. The smallest absolute Gasteiger partial charge is 0.248 e. The molecule has 1 saturated heterocycles. The Morgan fingerprint density at radius 1 is 1.40 bits per heavy atom. The SMILES string of the molecule is Cn1ncc(Br)c1-c1cc(C(N)=O)ccc1OCCN1CCOCC1. The third-order valence-corrected chi connectivity index (χ3v) is 4.76. The number of hydrogen-bond donors (Lipinski definition) is 1. The van der Waals surface area contributed by atoms with Gasteiger partial charge in [0.1, 0.15) is 12.4 Å². The number of aryl methyl sites for hydroxylation is 1. The average molecular weight is 409 g/mol. The van der Waals surface area contributed by atoms with Crippen LogP contribution in [0.2, 0.25) is 0 Å². The third-order valence-electron chi connectivity index (χ3n) is 4.18. The number of ether oxygens (including phenoxy) is 2. The van der Waals surface area contributed by atoms with Crippen LogP contribution in [0, 0.1) is 0 Å². The van der Waals surface area contributed by atoms with Gasteiger partial charge in [-0.05, 0) is 34.1 Å². The highest BCUT2D eigenvalue weighted by Gasteiger charge is 2.17. The highest BCUT2D eigenvalue weighted by atomic mass is 79.9. The summed E-state index contributed by atoms with van der Waals surface area (Å²) in [6, 6.07) is 5.21. The van der Waals surface area contributed by atoms with Gasteiger partial charge in [-0.3, -0.25) is 14.4 Å². The van der Waals surface area contributed by atoms with Crippen LogP contribution in [0.3, 0.4) is 0 Å². The molecular formula is C17H21BrN4O3. The van der Waals surface area contributed by atoms with Crippen molar-refractivity contribution in [3.8, 4) is 17.0 Å². The van der Waals surface area contributed by atoms with Crippen molar-refractivity contribution in [2.24, 2.45) is 12.8 Å². The molecule has 0 unspecified atom stereocenters. The largest absolute Gasteiger partial charge is 0.492 e. The Morgan fingerprint density at radius 2 is 2.16 bits per heavy atom. The highest BCUT2D eigenvalue weighted by molar-refractivity contribution is 9.10. The number of primary amides is 1. The molecule has 8 heteroatoms. The van der Waals surface area contributed by atoms with E-state index in [2.05, 4.69) is 25.9 Å². The van der Waals surface area contributed by atoms with Crippen LogP contribution in [0.15, 0.2) is 28.9 Å². The second-order valence-corrected chi connectivity index (χ2v) is 6.70. The van der Waals surface area contributed by atoms with Crippen molar-refractivity contribution in [1.29, 1.82) is 0 Å². The number of aromatic nitrogens is 2. The molecule has 1 fully saturated rings. The Kier molecular flexibility index (Phi) is 5.72. The lowest BCUT2D eigenvalue weighted by atomic mass is 10.1. The maximum Gasteiger partial charge on any atom is 0.248 e. The first-order valence-corrected chi connectivity index (χ1v) is 8.90. The molecule has 0 spiro atoms. The fraction of sp³-hybridized carbons (Fsp3) is 0.412. The van der Waals surface area contributed by atoms with Crippen LogP contribution in [0.25, 0.3) is 11.3 Å². The van der Waals surface area contributed by atoms with Gasteiger partial charge in [-0.2, -0.15) is 5.10 Å². The molecule has 1 aromatic heterocycles.